The fraction of sp³-hybridized carbons (Fsp3) is 1.00. The zero-order valence-corrected chi connectivity index (χ0v) is 13.0. The summed E-state index contributed by atoms with van der Waals surface area (Å²) < 4.78 is 0. The van der Waals surface area contributed by atoms with Crippen molar-refractivity contribution in [3.63, 3.8) is 0 Å². The molecular weight excluding hydrogens is 210 g/mol. The van der Waals surface area contributed by atoms with E-state index in [2.05, 4.69) is 64.0 Å². The second-order valence-corrected chi connectivity index (χ2v) is 6.40. The lowest BCUT2D eigenvalue weighted by Crippen LogP contribution is -2.48. The molecule has 0 aromatic carbocycles. The quantitative estimate of drug-likeness (QED) is 0.702. The number of hydrogen-bond acceptors (Lipinski definition) is 3. The summed E-state index contributed by atoms with van der Waals surface area (Å²) in [5, 5.41) is 3.60. The van der Waals surface area contributed by atoms with E-state index >= 15 is 0 Å². The van der Waals surface area contributed by atoms with Crippen LogP contribution in [0.2, 0.25) is 0 Å². The molecule has 0 spiro atoms. The Morgan fingerprint density at radius 3 is 2.06 bits per heavy atom. The largest absolute Gasteiger partial charge is 0.312 e. The normalized spacial score (nSPS) is 14.6. The van der Waals surface area contributed by atoms with Gasteiger partial charge >= 0.3 is 0 Å². The Labute approximate surface area is 109 Å². The highest BCUT2D eigenvalue weighted by Crippen LogP contribution is 2.19. The maximum atomic E-state index is 3.60. The second-order valence-electron chi connectivity index (χ2n) is 6.40. The molecule has 0 fully saturated rings. The van der Waals surface area contributed by atoms with E-state index < -0.39 is 0 Å². The summed E-state index contributed by atoms with van der Waals surface area (Å²) in [6, 6.07) is 0.567. The standard InChI is InChI=1S/C14H33N3/c1-8-15-13(14(2,3)4)12-17(7)11-9-10-16(5)6/h13,15H,8-12H2,1-7H3. The maximum absolute atomic E-state index is 3.60. The van der Waals surface area contributed by atoms with Crippen LogP contribution in [-0.4, -0.2) is 63.2 Å². The van der Waals surface area contributed by atoms with E-state index in [0.717, 1.165) is 13.1 Å². The summed E-state index contributed by atoms with van der Waals surface area (Å²) in [6.07, 6.45) is 1.24. The number of rotatable bonds is 8. The number of nitrogens with zero attached hydrogens (tertiary/aromatic N) is 2. The SMILES string of the molecule is CCNC(CN(C)CCCN(C)C)C(C)(C)C. The van der Waals surface area contributed by atoms with E-state index in [0.29, 0.717) is 11.5 Å². The van der Waals surface area contributed by atoms with Gasteiger partial charge in [0.15, 0.2) is 0 Å². The van der Waals surface area contributed by atoms with E-state index in [1.54, 1.807) is 0 Å². The minimum Gasteiger partial charge on any atom is -0.312 e. The fourth-order valence-electron chi connectivity index (χ4n) is 1.95. The summed E-state index contributed by atoms with van der Waals surface area (Å²) in [5.74, 6) is 0. The molecule has 104 valence electrons. The van der Waals surface area contributed by atoms with Crippen molar-refractivity contribution >= 4 is 0 Å². The van der Waals surface area contributed by atoms with Crippen LogP contribution < -0.4 is 5.32 Å². The van der Waals surface area contributed by atoms with Crippen LogP contribution in [0, 0.1) is 5.41 Å². The molecule has 0 amide bonds. The Hall–Kier alpha value is -0.120. The van der Waals surface area contributed by atoms with Gasteiger partial charge in [-0.3, -0.25) is 0 Å². The molecule has 0 aliphatic heterocycles. The first-order valence-corrected chi connectivity index (χ1v) is 6.84. The summed E-state index contributed by atoms with van der Waals surface area (Å²) in [4.78, 5) is 4.70. The van der Waals surface area contributed by atoms with Gasteiger partial charge in [0.1, 0.15) is 0 Å². The van der Waals surface area contributed by atoms with E-state index in [-0.39, 0.29) is 0 Å². The van der Waals surface area contributed by atoms with Gasteiger partial charge < -0.3 is 15.1 Å². The Balaban J connectivity index is 4.00. The van der Waals surface area contributed by atoms with Crippen molar-refractivity contribution < 1.29 is 0 Å². The Morgan fingerprint density at radius 1 is 1.06 bits per heavy atom. The highest BCUT2D eigenvalue weighted by Gasteiger charge is 2.24. The van der Waals surface area contributed by atoms with E-state index in [9.17, 15) is 0 Å². The van der Waals surface area contributed by atoms with Gasteiger partial charge in [-0.15, -0.1) is 0 Å². The third-order valence-electron chi connectivity index (χ3n) is 3.14. The molecule has 0 saturated carbocycles. The number of likely N-dealkylation sites (N-methyl/N-ethyl adjacent to an activating group) is 2. The van der Waals surface area contributed by atoms with Crippen LogP contribution in [-0.2, 0) is 0 Å². The van der Waals surface area contributed by atoms with Crippen molar-refractivity contribution in [2.75, 3.05) is 47.3 Å². The summed E-state index contributed by atoms with van der Waals surface area (Å²) in [7, 11) is 6.50. The lowest BCUT2D eigenvalue weighted by Gasteiger charge is -2.34. The van der Waals surface area contributed by atoms with Crippen LogP contribution in [0.3, 0.4) is 0 Å². The molecular formula is C14H33N3. The molecule has 3 heteroatoms. The van der Waals surface area contributed by atoms with Crippen molar-refractivity contribution in [2.24, 2.45) is 5.41 Å². The zero-order valence-electron chi connectivity index (χ0n) is 13.0. The topological polar surface area (TPSA) is 18.5 Å². The van der Waals surface area contributed by atoms with Gasteiger partial charge in [-0.1, -0.05) is 27.7 Å². The first-order valence-electron chi connectivity index (χ1n) is 6.84. The molecule has 1 N–H and O–H groups in total. The number of nitrogens with one attached hydrogen (secondary N) is 1. The first-order chi connectivity index (χ1) is 7.77. The Morgan fingerprint density at radius 2 is 1.65 bits per heavy atom. The molecule has 0 aliphatic rings. The minimum absolute atomic E-state index is 0.325. The molecule has 0 aromatic rings. The van der Waals surface area contributed by atoms with E-state index in [4.69, 9.17) is 0 Å². The van der Waals surface area contributed by atoms with Crippen LogP contribution in [0.5, 0.6) is 0 Å². The molecule has 0 heterocycles. The monoisotopic (exact) mass is 243 g/mol. The molecule has 0 rings (SSSR count). The lowest BCUT2D eigenvalue weighted by atomic mass is 9.86. The molecule has 1 unspecified atom stereocenters. The molecule has 0 aliphatic carbocycles. The predicted molar refractivity (Wildman–Crippen MR) is 77.6 cm³/mol. The van der Waals surface area contributed by atoms with Crippen LogP contribution in [0.15, 0.2) is 0 Å². The highest BCUT2D eigenvalue weighted by atomic mass is 15.1. The summed E-state index contributed by atoms with van der Waals surface area (Å²) >= 11 is 0. The third-order valence-corrected chi connectivity index (χ3v) is 3.14. The molecule has 1 atom stereocenters. The lowest BCUT2D eigenvalue weighted by molar-refractivity contribution is 0.192. The van der Waals surface area contributed by atoms with Crippen molar-refractivity contribution in [1.82, 2.24) is 15.1 Å². The van der Waals surface area contributed by atoms with Crippen molar-refractivity contribution in [3.8, 4) is 0 Å². The van der Waals surface area contributed by atoms with E-state index in [1.807, 2.05) is 0 Å². The zero-order chi connectivity index (χ0) is 13.5. The molecule has 17 heavy (non-hydrogen) atoms. The smallest absolute Gasteiger partial charge is 0.0243 e. The van der Waals surface area contributed by atoms with Gasteiger partial charge in [-0.25, -0.2) is 0 Å². The van der Waals surface area contributed by atoms with Gasteiger partial charge in [0, 0.05) is 12.6 Å². The van der Waals surface area contributed by atoms with Crippen LogP contribution >= 0.6 is 0 Å². The van der Waals surface area contributed by atoms with Crippen LogP contribution in [0.1, 0.15) is 34.1 Å². The average molecular weight is 243 g/mol. The van der Waals surface area contributed by atoms with Crippen LogP contribution in [0.4, 0.5) is 0 Å². The van der Waals surface area contributed by atoms with Crippen molar-refractivity contribution in [2.45, 2.75) is 40.2 Å². The van der Waals surface area contributed by atoms with Crippen molar-refractivity contribution in [1.29, 1.82) is 0 Å². The van der Waals surface area contributed by atoms with Gasteiger partial charge in [0.05, 0.1) is 0 Å². The molecule has 0 bridgehead atoms. The molecule has 3 nitrogen and oxygen atoms in total. The van der Waals surface area contributed by atoms with Gasteiger partial charge in [0.25, 0.3) is 0 Å². The second kappa shape index (κ2) is 8.06. The summed E-state index contributed by atoms with van der Waals surface area (Å²) in [6.45, 7) is 13.7. The van der Waals surface area contributed by atoms with Crippen molar-refractivity contribution in [3.05, 3.63) is 0 Å². The predicted octanol–water partition coefficient (Wildman–Crippen LogP) is 1.89. The molecule has 0 saturated heterocycles. The van der Waals surface area contributed by atoms with Gasteiger partial charge in [-0.2, -0.15) is 0 Å². The number of hydrogen-bond donors (Lipinski definition) is 1. The molecule has 0 radical (unpaired) electrons. The third kappa shape index (κ3) is 8.58. The maximum Gasteiger partial charge on any atom is 0.0243 e. The van der Waals surface area contributed by atoms with Gasteiger partial charge in [-0.05, 0) is 52.6 Å². The van der Waals surface area contributed by atoms with E-state index in [1.165, 1.54) is 19.5 Å². The molecule has 0 aromatic heterocycles. The highest BCUT2D eigenvalue weighted by molar-refractivity contribution is 4.82. The Bertz CT molecular complexity index is 184. The summed E-state index contributed by atoms with van der Waals surface area (Å²) in [5.41, 5.74) is 0.325. The average Bonchev–Trinajstić information content (AvgIpc) is 2.15. The Kier molecular flexibility index (Phi) is 8.01. The minimum atomic E-state index is 0.325. The fourth-order valence-corrected chi connectivity index (χ4v) is 1.95. The first kappa shape index (κ1) is 16.9. The van der Waals surface area contributed by atoms with Crippen LogP contribution in [0.25, 0.3) is 0 Å². The van der Waals surface area contributed by atoms with Gasteiger partial charge in [0.2, 0.25) is 0 Å².